The maximum Gasteiger partial charge on any atom is 0.329 e. The normalized spacial score (nSPS) is 46.3. The van der Waals surface area contributed by atoms with Crippen LogP contribution >= 0.6 is 23.2 Å². The third-order valence-electron chi connectivity index (χ3n) is 1.65. The molecule has 0 amide bonds. The van der Waals surface area contributed by atoms with E-state index < -0.39 is 22.4 Å². The largest absolute Gasteiger partial charge is 0.480 e. The smallest absolute Gasteiger partial charge is 0.329 e. The van der Waals surface area contributed by atoms with Crippen LogP contribution in [0.25, 0.3) is 0 Å². The molecule has 58 valence electrons. The molecule has 2 nitrogen and oxygen atoms in total. The van der Waals surface area contributed by atoms with E-state index in [0.717, 1.165) is 0 Å². The van der Waals surface area contributed by atoms with Crippen LogP contribution in [0.3, 0.4) is 0 Å². The summed E-state index contributed by atoms with van der Waals surface area (Å²) in [7, 11) is 0. The van der Waals surface area contributed by atoms with Gasteiger partial charge in [-0.25, -0.2) is 4.39 Å². The standard InChI is InChI=1S/C5H5Cl2FO2/c6-2-1-3(8)5(2,7)4(9)10/h2-3H,1H2,(H,9,10). The van der Waals surface area contributed by atoms with Crippen LogP contribution in [-0.2, 0) is 4.79 Å². The van der Waals surface area contributed by atoms with Crippen LogP contribution in [-0.4, -0.2) is 27.5 Å². The highest BCUT2D eigenvalue weighted by Crippen LogP contribution is 2.45. The van der Waals surface area contributed by atoms with Gasteiger partial charge < -0.3 is 5.11 Å². The molecule has 0 bridgehead atoms. The summed E-state index contributed by atoms with van der Waals surface area (Å²) in [6.07, 6.45) is -1.49. The van der Waals surface area contributed by atoms with E-state index in [1.54, 1.807) is 0 Å². The Morgan fingerprint density at radius 1 is 1.80 bits per heavy atom. The first-order valence-electron chi connectivity index (χ1n) is 2.70. The molecule has 0 heterocycles. The van der Waals surface area contributed by atoms with Crippen molar-refractivity contribution in [2.45, 2.75) is 22.8 Å². The number of halogens is 3. The number of alkyl halides is 3. The molecule has 3 unspecified atom stereocenters. The highest BCUT2D eigenvalue weighted by atomic mass is 35.5. The van der Waals surface area contributed by atoms with Crippen LogP contribution in [0.15, 0.2) is 0 Å². The fourth-order valence-corrected chi connectivity index (χ4v) is 1.39. The lowest BCUT2D eigenvalue weighted by atomic mass is 9.81. The van der Waals surface area contributed by atoms with Crippen molar-refractivity contribution in [3.63, 3.8) is 0 Å². The van der Waals surface area contributed by atoms with Gasteiger partial charge in [0, 0.05) is 0 Å². The van der Waals surface area contributed by atoms with Crippen molar-refractivity contribution in [3.05, 3.63) is 0 Å². The van der Waals surface area contributed by atoms with E-state index >= 15 is 0 Å². The van der Waals surface area contributed by atoms with E-state index in [1.807, 2.05) is 0 Å². The molecule has 1 rings (SSSR count). The zero-order chi connectivity index (χ0) is 7.94. The SMILES string of the molecule is O=C(O)C1(Cl)C(F)CC1Cl. The number of carboxylic acids is 1. The van der Waals surface area contributed by atoms with Crippen molar-refractivity contribution in [2.24, 2.45) is 0 Å². The van der Waals surface area contributed by atoms with Gasteiger partial charge in [-0.3, -0.25) is 4.79 Å². The molecule has 0 saturated heterocycles. The van der Waals surface area contributed by atoms with Crippen LogP contribution in [0, 0.1) is 0 Å². The molecule has 1 aliphatic carbocycles. The maximum atomic E-state index is 12.5. The molecule has 0 spiro atoms. The number of hydrogen-bond donors (Lipinski definition) is 1. The number of hydrogen-bond acceptors (Lipinski definition) is 1. The molecule has 0 aromatic carbocycles. The first kappa shape index (κ1) is 8.08. The Labute approximate surface area is 66.9 Å². The molecule has 10 heavy (non-hydrogen) atoms. The van der Waals surface area contributed by atoms with Gasteiger partial charge in [0.2, 0.25) is 0 Å². The monoisotopic (exact) mass is 186 g/mol. The van der Waals surface area contributed by atoms with E-state index in [1.165, 1.54) is 0 Å². The third-order valence-corrected chi connectivity index (χ3v) is 2.95. The Bertz CT molecular complexity index is 165. The van der Waals surface area contributed by atoms with Crippen molar-refractivity contribution >= 4 is 29.2 Å². The van der Waals surface area contributed by atoms with E-state index in [9.17, 15) is 9.18 Å². The summed E-state index contributed by atoms with van der Waals surface area (Å²) in [6, 6.07) is 0. The van der Waals surface area contributed by atoms with Gasteiger partial charge in [-0.15, -0.1) is 23.2 Å². The fraction of sp³-hybridized carbons (Fsp3) is 0.800. The van der Waals surface area contributed by atoms with Crippen molar-refractivity contribution in [1.82, 2.24) is 0 Å². The van der Waals surface area contributed by atoms with Crippen LogP contribution in [0.2, 0.25) is 0 Å². The summed E-state index contributed by atoms with van der Waals surface area (Å²) in [4.78, 5) is 8.39. The molecule has 1 saturated carbocycles. The molecule has 0 aromatic rings. The van der Waals surface area contributed by atoms with Gasteiger partial charge in [0.05, 0.1) is 5.38 Å². The van der Waals surface area contributed by atoms with Crippen molar-refractivity contribution in [1.29, 1.82) is 0 Å². The van der Waals surface area contributed by atoms with E-state index in [2.05, 4.69) is 0 Å². The molecule has 0 aromatic heterocycles. The molecule has 0 aliphatic heterocycles. The lowest BCUT2D eigenvalue weighted by Crippen LogP contribution is -2.59. The van der Waals surface area contributed by atoms with Crippen LogP contribution in [0.1, 0.15) is 6.42 Å². The van der Waals surface area contributed by atoms with Crippen molar-refractivity contribution in [3.8, 4) is 0 Å². The van der Waals surface area contributed by atoms with Crippen molar-refractivity contribution in [2.75, 3.05) is 0 Å². The van der Waals surface area contributed by atoms with Gasteiger partial charge in [0.15, 0.2) is 4.87 Å². The molecule has 0 radical (unpaired) electrons. The lowest BCUT2D eigenvalue weighted by Gasteiger charge is -2.40. The zero-order valence-electron chi connectivity index (χ0n) is 4.85. The average Bonchev–Trinajstić information content (AvgIpc) is 1.86. The van der Waals surface area contributed by atoms with Gasteiger partial charge in [-0.05, 0) is 6.42 Å². The number of carbonyl (C=O) groups is 1. The summed E-state index contributed by atoms with van der Waals surface area (Å²) in [6.45, 7) is 0. The van der Waals surface area contributed by atoms with Crippen LogP contribution < -0.4 is 0 Å². The zero-order valence-corrected chi connectivity index (χ0v) is 6.36. The lowest BCUT2D eigenvalue weighted by molar-refractivity contribution is -0.145. The molecule has 1 aliphatic rings. The molecule has 1 N–H and O–H groups in total. The molecular weight excluding hydrogens is 182 g/mol. The average molecular weight is 187 g/mol. The summed E-state index contributed by atoms with van der Waals surface area (Å²) in [5.41, 5.74) is 0. The Balaban J connectivity index is 2.75. The fourth-order valence-electron chi connectivity index (χ4n) is 0.828. The highest BCUT2D eigenvalue weighted by Gasteiger charge is 2.60. The topological polar surface area (TPSA) is 37.3 Å². The maximum absolute atomic E-state index is 12.5. The third kappa shape index (κ3) is 0.805. The second kappa shape index (κ2) is 2.24. The molecule has 5 heteroatoms. The van der Waals surface area contributed by atoms with Crippen LogP contribution in [0.4, 0.5) is 4.39 Å². The van der Waals surface area contributed by atoms with Gasteiger partial charge >= 0.3 is 5.97 Å². The summed E-state index contributed by atoms with van der Waals surface area (Å²) in [5.74, 6) is -1.38. The van der Waals surface area contributed by atoms with Crippen LogP contribution in [0.5, 0.6) is 0 Å². The first-order chi connectivity index (χ1) is 4.49. The van der Waals surface area contributed by atoms with E-state index in [-0.39, 0.29) is 6.42 Å². The highest BCUT2D eigenvalue weighted by molar-refractivity contribution is 6.42. The van der Waals surface area contributed by atoms with Gasteiger partial charge in [-0.1, -0.05) is 0 Å². The minimum atomic E-state index is -1.87. The minimum Gasteiger partial charge on any atom is -0.480 e. The van der Waals surface area contributed by atoms with Gasteiger partial charge in [0.1, 0.15) is 6.17 Å². The van der Waals surface area contributed by atoms with Gasteiger partial charge in [0.25, 0.3) is 0 Å². The Kier molecular flexibility index (Phi) is 1.81. The number of carboxylic acid groups (broad SMARTS) is 1. The predicted octanol–water partition coefficient (Wildman–Crippen LogP) is 1.40. The summed E-state index contributed by atoms with van der Waals surface area (Å²) < 4.78 is 12.5. The summed E-state index contributed by atoms with van der Waals surface area (Å²) >= 11 is 10.7. The number of rotatable bonds is 1. The van der Waals surface area contributed by atoms with Gasteiger partial charge in [-0.2, -0.15) is 0 Å². The molecule has 3 atom stereocenters. The Morgan fingerprint density at radius 3 is 2.40 bits per heavy atom. The Morgan fingerprint density at radius 2 is 2.30 bits per heavy atom. The Hall–Kier alpha value is -0.0200. The molecule has 1 fully saturated rings. The summed E-state index contributed by atoms with van der Waals surface area (Å²) in [5, 5.41) is 7.59. The second-order valence-corrected chi connectivity index (χ2v) is 3.40. The molecular formula is C5H5Cl2FO2. The minimum absolute atomic E-state index is 0.0252. The quantitative estimate of drug-likeness (QED) is 0.630. The predicted molar refractivity (Wildman–Crippen MR) is 35.4 cm³/mol. The first-order valence-corrected chi connectivity index (χ1v) is 3.51. The van der Waals surface area contributed by atoms with E-state index in [4.69, 9.17) is 28.3 Å². The van der Waals surface area contributed by atoms with Crippen molar-refractivity contribution < 1.29 is 14.3 Å². The second-order valence-electron chi connectivity index (χ2n) is 2.24. The van der Waals surface area contributed by atoms with E-state index in [0.29, 0.717) is 0 Å². The number of aliphatic carboxylic acids is 1.